The monoisotopic (exact) mass is 248 g/mol. The van der Waals surface area contributed by atoms with Gasteiger partial charge in [0.15, 0.2) is 0 Å². The van der Waals surface area contributed by atoms with Crippen LogP contribution in [0.25, 0.3) is 6.08 Å². The first kappa shape index (κ1) is 14.3. The molecule has 1 rings (SSSR count). The zero-order chi connectivity index (χ0) is 13.7. The average molecular weight is 248 g/mol. The molecule has 0 saturated carbocycles. The van der Waals surface area contributed by atoms with Crippen molar-refractivity contribution >= 4 is 12.0 Å². The predicted octanol–water partition coefficient (Wildman–Crippen LogP) is 3.61. The summed E-state index contributed by atoms with van der Waals surface area (Å²) in [5.41, 5.74) is 3.26. The van der Waals surface area contributed by atoms with Crippen LogP contribution in [0.2, 0.25) is 0 Å². The summed E-state index contributed by atoms with van der Waals surface area (Å²) in [4.78, 5) is 10.5. The maximum absolute atomic E-state index is 10.5. The lowest BCUT2D eigenvalue weighted by Gasteiger charge is -2.14. The van der Waals surface area contributed by atoms with Crippen LogP contribution >= 0.6 is 0 Å². The minimum absolute atomic E-state index is 0.0441. The molecule has 3 nitrogen and oxygen atoms in total. The van der Waals surface area contributed by atoms with Gasteiger partial charge in [-0.2, -0.15) is 0 Å². The third-order valence-corrected chi connectivity index (χ3v) is 2.83. The summed E-state index contributed by atoms with van der Waals surface area (Å²) in [6, 6.07) is 4.06. The van der Waals surface area contributed by atoms with E-state index in [9.17, 15) is 4.79 Å². The fourth-order valence-corrected chi connectivity index (χ4v) is 1.81. The van der Waals surface area contributed by atoms with E-state index in [2.05, 4.69) is 19.9 Å². The van der Waals surface area contributed by atoms with E-state index >= 15 is 0 Å². The fraction of sp³-hybridized carbons (Fsp3) is 0.400. The zero-order valence-corrected chi connectivity index (χ0v) is 11.4. The topological polar surface area (TPSA) is 46.5 Å². The molecule has 3 heteroatoms. The van der Waals surface area contributed by atoms with Gasteiger partial charge in [-0.05, 0) is 41.7 Å². The SMILES string of the molecule is COc1cc(C)c(/C=C/CC(=O)O)cc1C(C)C. The second-order valence-corrected chi connectivity index (χ2v) is 4.61. The Hall–Kier alpha value is -1.77. The Labute approximate surface area is 108 Å². The largest absolute Gasteiger partial charge is 0.496 e. The Morgan fingerprint density at radius 2 is 2.11 bits per heavy atom. The molecule has 1 N–H and O–H groups in total. The summed E-state index contributed by atoms with van der Waals surface area (Å²) in [6.45, 7) is 6.21. The number of rotatable bonds is 5. The first-order valence-corrected chi connectivity index (χ1v) is 6.02. The van der Waals surface area contributed by atoms with Crippen molar-refractivity contribution in [3.8, 4) is 5.75 Å². The lowest BCUT2D eigenvalue weighted by atomic mass is 9.96. The average Bonchev–Trinajstić information content (AvgIpc) is 2.29. The lowest BCUT2D eigenvalue weighted by Crippen LogP contribution is -1.97. The van der Waals surface area contributed by atoms with Crippen molar-refractivity contribution in [2.45, 2.75) is 33.1 Å². The van der Waals surface area contributed by atoms with Crippen LogP contribution in [0.1, 0.15) is 42.9 Å². The van der Waals surface area contributed by atoms with Gasteiger partial charge in [0.2, 0.25) is 0 Å². The summed E-state index contributed by atoms with van der Waals surface area (Å²) in [7, 11) is 1.67. The van der Waals surface area contributed by atoms with E-state index in [1.807, 2.05) is 19.1 Å². The maximum Gasteiger partial charge on any atom is 0.307 e. The molecule has 0 aliphatic carbocycles. The Balaban J connectivity index is 3.09. The van der Waals surface area contributed by atoms with Crippen LogP contribution in [0.15, 0.2) is 18.2 Å². The summed E-state index contributed by atoms with van der Waals surface area (Å²) in [5, 5.41) is 8.61. The maximum atomic E-state index is 10.5. The third-order valence-electron chi connectivity index (χ3n) is 2.83. The minimum atomic E-state index is -0.818. The second-order valence-electron chi connectivity index (χ2n) is 4.61. The molecule has 0 heterocycles. The number of benzene rings is 1. The first-order valence-electron chi connectivity index (χ1n) is 6.02. The highest BCUT2D eigenvalue weighted by molar-refractivity contribution is 5.71. The van der Waals surface area contributed by atoms with Gasteiger partial charge in [0.1, 0.15) is 5.75 Å². The van der Waals surface area contributed by atoms with E-state index in [1.54, 1.807) is 13.2 Å². The summed E-state index contributed by atoms with van der Waals surface area (Å²) >= 11 is 0. The Bertz CT molecular complexity index is 459. The Morgan fingerprint density at radius 1 is 1.44 bits per heavy atom. The number of carboxylic acids is 1. The van der Waals surface area contributed by atoms with E-state index in [-0.39, 0.29) is 6.42 Å². The Kier molecular flexibility index (Phi) is 4.95. The number of carboxylic acid groups (broad SMARTS) is 1. The zero-order valence-electron chi connectivity index (χ0n) is 11.4. The molecule has 18 heavy (non-hydrogen) atoms. The van der Waals surface area contributed by atoms with Gasteiger partial charge in [-0.1, -0.05) is 26.0 Å². The molecule has 0 unspecified atom stereocenters. The molecular weight excluding hydrogens is 228 g/mol. The highest BCUT2D eigenvalue weighted by atomic mass is 16.5. The molecule has 1 aromatic carbocycles. The van der Waals surface area contributed by atoms with Crippen molar-refractivity contribution in [2.24, 2.45) is 0 Å². The number of hydrogen-bond donors (Lipinski definition) is 1. The number of aliphatic carboxylic acids is 1. The molecule has 0 aliphatic rings. The molecule has 0 spiro atoms. The molecular formula is C15H20O3. The first-order chi connectivity index (χ1) is 8.45. The lowest BCUT2D eigenvalue weighted by molar-refractivity contribution is -0.135. The molecule has 0 amide bonds. The van der Waals surface area contributed by atoms with E-state index in [4.69, 9.17) is 9.84 Å². The summed E-state index contributed by atoms with van der Waals surface area (Å²) < 4.78 is 5.37. The van der Waals surface area contributed by atoms with Crippen LogP contribution in [-0.2, 0) is 4.79 Å². The molecule has 0 aromatic heterocycles. The molecule has 0 fully saturated rings. The number of methoxy groups -OCH3 is 1. The van der Waals surface area contributed by atoms with E-state index in [0.29, 0.717) is 5.92 Å². The van der Waals surface area contributed by atoms with Crippen LogP contribution in [0.4, 0.5) is 0 Å². The number of aryl methyl sites for hydroxylation is 1. The van der Waals surface area contributed by atoms with Crippen molar-refractivity contribution in [2.75, 3.05) is 7.11 Å². The normalized spacial score (nSPS) is 11.2. The van der Waals surface area contributed by atoms with Crippen LogP contribution in [0.3, 0.4) is 0 Å². The van der Waals surface area contributed by atoms with Gasteiger partial charge in [0.25, 0.3) is 0 Å². The van der Waals surface area contributed by atoms with Crippen LogP contribution < -0.4 is 4.74 Å². The van der Waals surface area contributed by atoms with Gasteiger partial charge in [-0.25, -0.2) is 0 Å². The van der Waals surface area contributed by atoms with Crippen molar-refractivity contribution in [1.29, 1.82) is 0 Å². The van der Waals surface area contributed by atoms with Crippen molar-refractivity contribution < 1.29 is 14.6 Å². The van der Waals surface area contributed by atoms with Gasteiger partial charge in [0, 0.05) is 0 Å². The highest BCUT2D eigenvalue weighted by Crippen LogP contribution is 2.30. The van der Waals surface area contributed by atoms with Gasteiger partial charge in [-0.15, -0.1) is 0 Å². The number of carbonyl (C=O) groups is 1. The van der Waals surface area contributed by atoms with Crippen LogP contribution in [0, 0.1) is 6.92 Å². The van der Waals surface area contributed by atoms with Gasteiger partial charge < -0.3 is 9.84 Å². The molecule has 0 radical (unpaired) electrons. The molecule has 0 atom stereocenters. The van der Waals surface area contributed by atoms with Gasteiger partial charge in [0.05, 0.1) is 13.5 Å². The Morgan fingerprint density at radius 3 is 2.61 bits per heavy atom. The van der Waals surface area contributed by atoms with Gasteiger partial charge in [-0.3, -0.25) is 4.79 Å². The molecule has 0 bridgehead atoms. The smallest absolute Gasteiger partial charge is 0.307 e. The van der Waals surface area contributed by atoms with Crippen molar-refractivity contribution in [3.05, 3.63) is 34.9 Å². The van der Waals surface area contributed by atoms with E-state index in [1.165, 1.54) is 0 Å². The summed E-state index contributed by atoms with van der Waals surface area (Å²) in [5.74, 6) is 0.437. The highest BCUT2D eigenvalue weighted by Gasteiger charge is 2.09. The summed E-state index contributed by atoms with van der Waals surface area (Å²) in [6.07, 6.45) is 3.57. The van der Waals surface area contributed by atoms with Crippen LogP contribution in [-0.4, -0.2) is 18.2 Å². The van der Waals surface area contributed by atoms with Crippen molar-refractivity contribution in [3.63, 3.8) is 0 Å². The second kappa shape index (κ2) is 6.24. The molecule has 0 aliphatic heterocycles. The standard InChI is InChI=1S/C15H20O3/c1-10(2)13-9-12(6-5-7-15(16)17)11(3)8-14(13)18-4/h5-6,8-10H,7H2,1-4H3,(H,16,17)/b6-5+. The minimum Gasteiger partial charge on any atom is -0.496 e. The molecule has 0 saturated heterocycles. The fourth-order valence-electron chi connectivity index (χ4n) is 1.81. The molecule has 1 aromatic rings. The van der Waals surface area contributed by atoms with E-state index in [0.717, 1.165) is 22.4 Å². The molecule has 98 valence electrons. The third kappa shape index (κ3) is 3.62. The number of hydrogen-bond acceptors (Lipinski definition) is 2. The predicted molar refractivity (Wildman–Crippen MR) is 73.1 cm³/mol. The van der Waals surface area contributed by atoms with Gasteiger partial charge >= 0.3 is 5.97 Å². The van der Waals surface area contributed by atoms with E-state index < -0.39 is 5.97 Å². The van der Waals surface area contributed by atoms with Crippen molar-refractivity contribution in [1.82, 2.24) is 0 Å². The number of ether oxygens (including phenoxy) is 1. The quantitative estimate of drug-likeness (QED) is 0.865. The van der Waals surface area contributed by atoms with Crippen LogP contribution in [0.5, 0.6) is 5.75 Å².